The molecule has 0 aliphatic carbocycles. The summed E-state index contributed by atoms with van der Waals surface area (Å²) in [6, 6.07) is 2.01. The molecule has 0 saturated carbocycles. The Morgan fingerprint density at radius 3 is 2.55 bits per heavy atom. The fourth-order valence-electron chi connectivity index (χ4n) is 2.26. The Balaban J connectivity index is 2.03. The van der Waals surface area contributed by atoms with E-state index in [2.05, 4.69) is 39.7 Å². The molecule has 0 radical (unpaired) electrons. The predicted octanol–water partition coefficient (Wildman–Crippen LogP) is 1.60. The van der Waals surface area contributed by atoms with Gasteiger partial charge in [-0.1, -0.05) is 19.3 Å². The lowest BCUT2D eigenvalue weighted by molar-refractivity contribution is 0.389. The van der Waals surface area contributed by atoms with E-state index in [4.69, 9.17) is 0 Å². The van der Waals surface area contributed by atoms with Gasteiger partial charge in [0, 0.05) is 26.8 Å². The van der Waals surface area contributed by atoms with Crippen LogP contribution in [-0.4, -0.2) is 54.9 Å². The van der Waals surface area contributed by atoms with Crippen LogP contribution < -0.4 is 10.6 Å². The van der Waals surface area contributed by atoms with Gasteiger partial charge in [-0.15, -0.1) is 0 Å². The molecule has 6 nitrogen and oxygen atoms in total. The van der Waals surface area contributed by atoms with Gasteiger partial charge in [0.15, 0.2) is 5.96 Å². The number of hydrogen-bond donors (Lipinski definition) is 2. The van der Waals surface area contributed by atoms with Crippen molar-refractivity contribution in [3.05, 3.63) is 18.0 Å². The molecule has 0 spiro atoms. The minimum atomic E-state index is 0.737. The van der Waals surface area contributed by atoms with Gasteiger partial charge in [0.1, 0.15) is 0 Å². The minimum Gasteiger partial charge on any atom is -0.356 e. The number of nitrogens with one attached hydrogen (secondary N) is 2. The summed E-state index contributed by atoms with van der Waals surface area (Å²) < 4.78 is 1.87. The van der Waals surface area contributed by atoms with Crippen LogP contribution in [0.15, 0.2) is 17.3 Å². The highest BCUT2D eigenvalue weighted by Crippen LogP contribution is 2.02. The molecule has 22 heavy (non-hydrogen) atoms. The van der Waals surface area contributed by atoms with Crippen molar-refractivity contribution in [3.63, 3.8) is 0 Å². The van der Waals surface area contributed by atoms with Crippen molar-refractivity contribution in [2.24, 2.45) is 12.0 Å². The van der Waals surface area contributed by atoms with Crippen LogP contribution >= 0.6 is 0 Å². The molecule has 0 unspecified atom stereocenters. The summed E-state index contributed by atoms with van der Waals surface area (Å²) in [4.78, 5) is 6.49. The van der Waals surface area contributed by atoms with Crippen LogP contribution in [0.25, 0.3) is 0 Å². The zero-order valence-corrected chi connectivity index (χ0v) is 14.6. The standard InChI is InChI=1S/C16H32N6/c1-17-16(19-14-15-10-12-20-22(15)4)18-11-8-6-5-7-9-13-21(2)3/h10,12H,5-9,11,13-14H2,1-4H3,(H2,17,18,19). The Labute approximate surface area is 135 Å². The maximum atomic E-state index is 4.24. The Kier molecular flexibility index (Phi) is 9.30. The van der Waals surface area contributed by atoms with Crippen molar-refractivity contribution in [1.29, 1.82) is 0 Å². The van der Waals surface area contributed by atoms with E-state index in [1.165, 1.54) is 38.6 Å². The number of guanidine groups is 1. The third-order valence-electron chi connectivity index (χ3n) is 3.66. The van der Waals surface area contributed by atoms with Crippen LogP contribution in [0, 0.1) is 0 Å². The molecular weight excluding hydrogens is 276 g/mol. The lowest BCUT2D eigenvalue weighted by Gasteiger charge is -2.12. The number of hydrogen-bond acceptors (Lipinski definition) is 3. The fourth-order valence-corrected chi connectivity index (χ4v) is 2.26. The summed E-state index contributed by atoms with van der Waals surface area (Å²) in [7, 11) is 8.02. The molecule has 6 heteroatoms. The molecule has 0 fully saturated rings. The lowest BCUT2D eigenvalue weighted by Crippen LogP contribution is -2.37. The molecule has 0 aliphatic heterocycles. The predicted molar refractivity (Wildman–Crippen MR) is 93.0 cm³/mol. The SMILES string of the molecule is CN=C(NCCCCCCCN(C)C)NCc1ccnn1C. The van der Waals surface area contributed by atoms with Crippen LogP contribution in [0.2, 0.25) is 0 Å². The third kappa shape index (κ3) is 8.02. The molecule has 0 amide bonds. The summed E-state index contributed by atoms with van der Waals surface area (Å²) in [5.74, 6) is 0.855. The van der Waals surface area contributed by atoms with Crippen LogP contribution in [-0.2, 0) is 13.6 Å². The summed E-state index contributed by atoms with van der Waals surface area (Å²) >= 11 is 0. The maximum absolute atomic E-state index is 4.24. The largest absolute Gasteiger partial charge is 0.356 e. The van der Waals surface area contributed by atoms with Crippen molar-refractivity contribution < 1.29 is 0 Å². The van der Waals surface area contributed by atoms with E-state index in [-0.39, 0.29) is 0 Å². The average Bonchev–Trinajstić information content (AvgIpc) is 2.90. The minimum absolute atomic E-state index is 0.737. The van der Waals surface area contributed by atoms with Gasteiger partial charge in [0.2, 0.25) is 0 Å². The van der Waals surface area contributed by atoms with E-state index in [9.17, 15) is 0 Å². The van der Waals surface area contributed by atoms with E-state index >= 15 is 0 Å². The van der Waals surface area contributed by atoms with Crippen LogP contribution in [0.3, 0.4) is 0 Å². The summed E-state index contributed by atoms with van der Waals surface area (Å²) in [5.41, 5.74) is 1.14. The van der Waals surface area contributed by atoms with Crippen molar-refractivity contribution in [1.82, 2.24) is 25.3 Å². The normalized spacial score (nSPS) is 12.0. The molecule has 1 rings (SSSR count). The zero-order chi connectivity index (χ0) is 16.2. The van der Waals surface area contributed by atoms with Gasteiger partial charge in [-0.2, -0.15) is 5.10 Å². The smallest absolute Gasteiger partial charge is 0.191 e. The van der Waals surface area contributed by atoms with Gasteiger partial charge >= 0.3 is 0 Å². The number of unbranched alkanes of at least 4 members (excludes halogenated alkanes) is 4. The summed E-state index contributed by atoms with van der Waals surface area (Å²) in [6.07, 6.45) is 8.22. The Morgan fingerprint density at radius 1 is 1.18 bits per heavy atom. The number of aliphatic imine (C=N–C) groups is 1. The van der Waals surface area contributed by atoms with Crippen molar-refractivity contribution >= 4 is 5.96 Å². The van der Waals surface area contributed by atoms with E-state index in [0.717, 1.165) is 24.7 Å². The van der Waals surface area contributed by atoms with E-state index < -0.39 is 0 Å². The number of rotatable bonds is 10. The first-order valence-corrected chi connectivity index (χ1v) is 8.19. The Hall–Kier alpha value is -1.56. The van der Waals surface area contributed by atoms with Crippen molar-refractivity contribution in [2.75, 3.05) is 34.2 Å². The first-order chi connectivity index (χ1) is 10.6. The van der Waals surface area contributed by atoms with Gasteiger partial charge in [-0.05, 0) is 39.5 Å². The molecular formula is C16H32N6. The Bertz CT molecular complexity index is 424. The molecule has 1 heterocycles. The molecule has 126 valence electrons. The summed E-state index contributed by atoms with van der Waals surface area (Å²) in [6.45, 7) is 2.91. The first-order valence-electron chi connectivity index (χ1n) is 8.19. The average molecular weight is 308 g/mol. The second kappa shape index (κ2) is 11.1. The van der Waals surface area contributed by atoms with E-state index in [1.807, 2.05) is 24.0 Å². The van der Waals surface area contributed by atoms with Crippen molar-refractivity contribution in [2.45, 2.75) is 38.6 Å². The molecule has 0 saturated heterocycles. The second-order valence-corrected chi connectivity index (χ2v) is 5.87. The fraction of sp³-hybridized carbons (Fsp3) is 0.750. The quantitative estimate of drug-likeness (QED) is 0.392. The second-order valence-electron chi connectivity index (χ2n) is 5.87. The molecule has 0 aromatic carbocycles. The lowest BCUT2D eigenvalue weighted by atomic mass is 10.1. The van der Waals surface area contributed by atoms with Crippen LogP contribution in [0.4, 0.5) is 0 Å². The topological polar surface area (TPSA) is 57.5 Å². The van der Waals surface area contributed by atoms with Crippen molar-refractivity contribution in [3.8, 4) is 0 Å². The van der Waals surface area contributed by atoms with Gasteiger partial charge in [-0.25, -0.2) is 0 Å². The highest BCUT2D eigenvalue weighted by molar-refractivity contribution is 5.79. The molecule has 0 aliphatic rings. The van der Waals surface area contributed by atoms with E-state index in [1.54, 1.807) is 7.05 Å². The molecule has 2 N–H and O–H groups in total. The van der Waals surface area contributed by atoms with Gasteiger partial charge < -0.3 is 15.5 Å². The maximum Gasteiger partial charge on any atom is 0.191 e. The highest BCUT2D eigenvalue weighted by Gasteiger charge is 2.01. The third-order valence-corrected chi connectivity index (χ3v) is 3.66. The Morgan fingerprint density at radius 2 is 1.91 bits per heavy atom. The molecule has 1 aromatic heterocycles. The van der Waals surface area contributed by atoms with Gasteiger partial charge in [0.05, 0.1) is 12.2 Å². The highest BCUT2D eigenvalue weighted by atomic mass is 15.3. The molecule has 0 bridgehead atoms. The van der Waals surface area contributed by atoms with Crippen LogP contribution in [0.5, 0.6) is 0 Å². The number of nitrogens with zero attached hydrogens (tertiary/aromatic N) is 4. The number of aryl methyl sites for hydroxylation is 1. The van der Waals surface area contributed by atoms with Crippen LogP contribution in [0.1, 0.15) is 37.8 Å². The molecule has 1 aromatic rings. The molecule has 0 atom stereocenters. The summed E-state index contributed by atoms with van der Waals surface area (Å²) in [5, 5.41) is 10.8. The number of aromatic nitrogens is 2. The van der Waals surface area contributed by atoms with E-state index in [0.29, 0.717) is 0 Å². The zero-order valence-electron chi connectivity index (χ0n) is 14.6. The van der Waals surface area contributed by atoms with Gasteiger partial charge in [-0.3, -0.25) is 9.67 Å². The first kappa shape index (κ1) is 18.5. The monoisotopic (exact) mass is 308 g/mol. The van der Waals surface area contributed by atoms with Gasteiger partial charge in [0.25, 0.3) is 0 Å².